The zero-order valence-corrected chi connectivity index (χ0v) is 16.2. The third-order valence-corrected chi connectivity index (χ3v) is 4.98. The summed E-state index contributed by atoms with van der Waals surface area (Å²) in [6.07, 6.45) is 2.79. The largest absolute Gasteiger partial charge is 0.387 e. The Bertz CT molecular complexity index is 963. The molecule has 0 saturated heterocycles. The van der Waals surface area contributed by atoms with Crippen molar-refractivity contribution in [1.82, 2.24) is 9.47 Å². The summed E-state index contributed by atoms with van der Waals surface area (Å²) in [5, 5.41) is 5.31. The molecule has 4 rings (SSSR count). The maximum absolute atomic E-state index is 6.19. The first-order valence-corrected chi connectivity index (χ1v) is 9.43. The number of aromatic nitrogens is 1. The lowest BCUT2D eigenvalue weighted by Gasteiger charge is -2.18. The molecule has 2 heterocycles. The van der Waals surface area contributed by atoms with Gasteiger partial charge in [-0.2, -0.15) is 0 Å². The van der Waals surface area contributed by atoms with Crippen LogP contribution in [-0.4, -0.2) is 35.8 Å². The average molecular weight is 380 g/mol. The fourth-order valence-corrected chi connectivity index (χ4v) is 3.53. The SMILES string of the molecule is CN(C)CCC(ON=C1c2ccc(Cl)cc2-n2cccc21)c1ccccc1. The molecule has 1 aromatic heterocycles. The molecule has 0 spiro atoms. The van der Waals surface area contributed by atoms with Gasteiger partial charge >= 0.3 is 0 Å². The number of oxime groups is 1. The lowest BCUT2D eigenvalue weighted by Crippen LogP contribution is -2.17. The van der Waals surface area contributed by atoms with Crippen LogP contribution in [0.1, 0.15) is 29.3 Å². The van der Waals surface area contributed by atoms with Crippen molar-refractivity contribution < 1.29 is 4.84 Å². The maximum atomic E-state index is 6.19. The van der Waals surface area contributed by atoms with E-state index in [0.29, 0.717) is 5.02 Å². The Hall–Kier alpha value is -2.56. The minimum absolute atomic E-state index is 0.0964. The quantitative estimate of drug-likeness (QED) is 0.446. The Morgan fingerprint density at radius 1 is 1.07 bits per heavy atom. The molecule has 2 aromatic carbocycles. The van der Waals surface area contributed by atoms with Gasteiger partial charge in [0.25, 0.3) is 0 Å². The highest BCUT2D eigenvalue weighted by Crippen LogP contribution is 2.32. The van der Waals surface area contributed by atoms with E-state index in [1.54, 1.807) is 0 Å². The third kappa shape index (κ3) is 3.64. The van der Waals surface area contributed by atoms with Gasteiger partial charge in [-0.15, -0.1) is 0 Å². The van der Waals surface area contributed by atoms with Crippen molar-refractivity contribution in [2.45, 2.75) is 12.5 Å². The molecule has 4 nitrogen and oxygen atoms in total. The fraction of sp³-hybridized carbons (Fsp3) is 0.227. The van der Waals surface area contributed by atoms with E-state index in [9.17, 15) is 0 Å². The fourth-order valence-electron chi connectivity index (χ4n) is 3.36. The standard InChI is InChI=1S/C22H22ClN3O/c1-25(2)14-12-21(16-7-4-3-5-8-16)27-24-22-18-11-10-17(23)15-20(18)26-13-6-9-19(22)26/h3-11,13,15,21H,12,14H2,1-2H3. The minimum atomic E-state index is -0.0964. The summed E-state index contributed by atoms with van der Waals surface area (Å²) in [6, 6.07) is 20.2. The second-order valence-electron chi connectivity index (χ2n) is 6.96. The van der Waals surface area contributed by atoms with Gasteiger partial charge in [0.2, 0.25) is 0 Å². The number of rotatable bonds is 6. The average Bonchev–Trinajstić information content (AvgIpc) is 3.24. The zero-order valence-electron chi connectivity index (χ0n) is 15.5. The van der Waals surface area contributed by atoms with Gasteiger partial charge in [-0.1, -0.05) is 47.1 Å². The van der Waals surface area contributed by atoms with E-state index < -0.39 is 0 Å². The lowest BCUT2D eigenvalue weighted by atomic mass is 10.1. The molecule has 1 aliphatic rings. The van der Waals surface area contributed by atoms with Gasteiger partial charge in [-0.3, -0.25) is 0 Å². The van der Waals surface area contributed by atoms with Crippen LogP contribution >= 0.6 is 11.6 Å². The van der Waals surface area contributed by atoms with Crippen LogP contribution < -0.4 is 0 Å². The molecule has 1 atom stereocenters. The van der Waals surface area contributed by atoms with Crippen LogP contribution in [0.25, 0.3) is 5.69 Å². The first kappa shape index (κ1) is 17.8. The van der Waals surface area contributed by atoms with E-state index in [2.05, 4.69) is 40.9 Å². The smallest absolute Gasteiger partial charge is 0.153 e. The highest BCUT2D eigenvalue weighted by atomic mass is 35.5. The van der Waals surface area contributed by atoms with Crippen molar-refractivity contribution in [2.24, 2.45) is 5.16 Å². The Labute approximate surface area is 164 Å². The molecule has 27 heavy (non-hydrogen) atoms. The molecule has 0 radical (unpaired) electrons. The highest BCUT2D eigenvalue weighted by molar-refractivity contribution is 6.31. The van der Waals surface area contributed by atoms with E-state index in [1.807, 2.05) is 54.7 Å². The van der Waals surface area contributed by atoms with Crippen LogP contribution in [0.2, 0.25) is 5.02 Å². The minimum Gasteiger partial charge on any atom is -0.387 e. The van der Waals surface area contributed by atoms with Crippen LogP contribution in [0.15, 0.2) is 72.0 Å². The molecular weight excluding hydrogens is 358 g/mol. The zero-order chi connectivity index (χ0) is 18.8. The number of fused-ring (bicyclic) bond motifs is 3. The van der Waals surface area contributed by atoms with Crippen molar-refractivity contribution in [3.05, 3.63) is 88.7 Å². The van der Waals surface area contributed by atoms with Gasteiger partial charge in [0.05, 0.1) is 11.4 Å². The predicted molar refractivity (Wildman–Crippen MR) is 110 cm³/mol. The topological polar surface area (TPSA) is 29.8 Å². The molecule has 3 aromatic rings. The molecule has 0 fully saturated rings. The molecular formula is C22H22ClN3O. The number of halogens is 1. The second kappa shape index (κ2) is 7.59. The van der Waals surface area contributed by atoms with E-state index in [1.165, 1.54) is 0 Å². The van der Waals surface area contributed by atoms with E-state index in [0.717, 1.165) is 41.2 Å². The van der Waals surface area contributed by atoms with Gasteiger partial charge in [0, 0.05) is 29.7 Å². The predicted octanol–water partition coefficient (Wildman–Crippen LogP) is 4.91. The molecule has 5 heteroatoms. The summed E-state index contributed by atoms with van der Waals surface area (Å²) < 4.78 is 2.10. The molecule has 0 N–H and O–H groups in total. The van der Waals surface area contributed by atoms with Gasteiger partial charge in [0.15, 0.2) is 6.10 Å². The number of hydrogen-bond acceptors (Lipinski definition) is 3. The third-order valence-electron chi connectivity index (χ3n) is 4.75. The van der Waals surface area contributed by atoms with Crippen molar-refractivity contribution >= 4 is 17.3 Å². The highest BCUT2D eigenvalue weighted by Gasteiger charge is 2.26. The van der Waals surface area contributed by atoms with Crippen LogP contribution in [0.4, 0.5) is 0 Å². The van der Waals surface area contributed by atoms with Crippen LogP contribution in [0.3, 0.4) is 0 Å². The molecule has 0 amide bonds. The molecule has 1 unspecified atom stereocenters. The summed E-state index contributed by atoms with van der Waals surface area (Å²) in [7, 11) is 4.13. The summed E-state index contributed by atoms with van der Waals surface area (Å²) in [4.78, 5) is 8.25. The summed E-state index contributed by atoms with van der Waals surface area (Å²) >= 11 is 6.19. The Balaban J connectivity index is 1.66. The molecule has 138 valence electrons. The van der Waals surface area contributed by atoms with Crippen molar-refractivity contribution in [2.75, 3.05) is 20.6 Å². The first-order valence-electron chi connectivity index (χ1n) is 9.05. The lowest BCUT2D eigenvalue weighted by molar-refractivity contribution is 0.0474. The maximum Gasteiger partial charge on any atom is 0.153 e. The van der Waals surface area contributed by atoms with Crippen LogP contribution in [-0.2, 0) is 4.84 Å². The van der Waals surface area contributed by atoms with Crippen molar-refractivity contribution in [3.63, 3.8) is 0 Å². The van der Waals surface area contributed by atoms with Gasteiger partial charge in [-0.25, -0.2) is 0 Å². The van der Waals surface area contributed by atoms with Crippen molar-refractivity contribution in [1.29, 1.82) is 0 Å². The summed E-state index contributed by atoms with van der Waals surface area (Å²) in [5.74, 6) is 0. The Morgan fingerprint density at radius 2 is 1.89 bits per heavy atom. The number of benzene rings is 2. The summed E-state index contributed by atoms with van der Waals surface area (Å²) in [6.45, 7) is 0.924. The molecule has 0 bridgehead atoms. The Kier molecular flexibility index (Phi) is 5.01. The molecule has 0 saturated carbocycles. The Morgan fingerprint density at radius 3 is 2.67 bits per heavy atom. The second-order valence-corrected chi connectivity index (χ2v) is 7.40. The van der Waals surface area contributed by atoms with Gasteiger partial charge < -0.3 is 14.3 Å². The molecule has 0 aliphatic carbocycles. The van der Waals surface area contributed by atoms with Gasteiger partial charge in [-0.05, 0) is 50.0 Å². The van der Waals surface area contributed by atoms with Crippen molar-refractivity contribution in [3.8, 4) is 5.69 Å². The van der Waals surface area contributed by atoms with E-state index in [-0.39, 0.29) is 6.10 Å². The normalized spacial score (nSPS) is 15.0. The monoisotopic (exact) mass is 379 g/mol. The van der Waals surface area contributed by atoms with Gasteiger partial charge in [0.1, 0.15) is 5.71 Å². The number of nitrogens with zero attached hydrogens (tertiary/aromatic N) is 3. The number of hydrogen-bond donors (Lipinski definition) is 0. The first-order chi connectivity index (χ1) is 13.1. The van der Waals surface area contributed by atoms with E-state index >= 15 is 0 Å². The summed E-state index contributed by atoms with van der Waals surface area (Å²) in [5.41, 5.74) is 5.07. The van der Waals surface area contributed by atoms with Crippen LogP contribution in [0, 0.1) is 0 Å². The van der Waals surface area contributed by atoms with Crippen LogP contribution in [0.5, 0.6) is 0 Å². The molecule has 1 aliphatic heterocycles. The van der Waals surface area contributed by atoms with E-state index in [4.69, 9.17) is 16.4 Å².